The summed E-state index contributed by atoms with van der Waals surface area (Å²) in [6.45, 7) is 8.65. The quantitative estimate of drug-likeness (QED) is 0.565. The molecule has 0 N–H and O–H groups in total. The molecule has 0 spiro atoms. The number of hydrogen-bond acceptors (Lipinski definition) is 5. The largest absolute Gasteiger partial charge is 0.327 e. The Morgan fingerprint density at radius 2 is 1.26 bits per heavy atom. The van der Waals surface area contributed by atoms with E-state index in [1.165, 1.54) is 12.8 Å². The fourth-order valence-corrected chi connectivity index (χ4v) is 4.45. The Kier molecular flexibility index (Phi) is 5.51. The molecule has 19 heavy (non-hydrogen) atoms. The molecule has 0 aliphatic carbocycles. The van der Waals surface area contributed by atoms with E-state index in [1.807, 2.05) is 23.5 Å². The smallest absolute Gasteiger partial charge is 0.208 e. The third-order valence-electron chi connectivity index (χ3n) is 3.49. The summed E-state index contributed by atoms with van der Waals surface area (Å²) in [5, 5.41) is 0. The van der Waals surface area contributed by atoms with Crippen LogP contribution in [-0.2, 0) is 14.2 Å². The van der Waals surface area contributed by atoms with Crippen molar-refractivity contribution in [3.05, 3.63) is 0 Å². The van der Waals surface area contributed by atoms with Crippen LogP contribution in [0.15, 0.2) is 0 Å². The van der Waals surface area contributed by atoms with Crippen molar-refractivity contribution >= 4 is 23.5 Å². The third kappa shape index (κ3) is 3.43. The Balaban J connectivity index is 1.85. The molecule has 2 rings (SSSR count). The molecule has 112 valence electrons. The summed E-state index contributed by atoms with van der Waals surface area (Å²) in [5.41, 5.74) is 0.392. The van der Waals surface area contributed by atoms with Gasteiger partial charge in [-0.05, 0) is 24.3 Å². The van der Waals surface area contributed by atoms with Crippen LogP contribution in [0.25, 0.3) is 0 Å². The maximum absolute atomic E-state index is 6.28. The van der Waals surface area contributed by atoms with E-state index in [0.717, 1.165) is 24.3 Å². The summed E-state index contributed by atoms with van der Waals surface area (Å²) < 4.78 is 18.0. The lowest BCUT2D eigenvalue weighted by Gasteiger charge is -2.18. The molecule has 2 heterocycles. The van der Waals surface area contributed by atoms with Crippen LogP contribution in [0.4, 0.5) is 0 Å². The van der Waals surface area contributed by atoms with Crippen LogP contribution in [-0.4, -0.2) is 34.0 Å². The van der Waals surface area contributed by atoms with Gasteiger partial charge in [-0.15, -0.1) is 23.5 Å². The maximum Gasteiger partial charge on any atom is 0.208 e. The van der Waals surface area contributed by atoms with Gasteiger partial charge in [0.1, 0.15) is 0 Å². The predicted octanol–water partition coefficient (Wildman–Crippen LogP) is 4.21. The minimum Gasteiger partial charge on any atom is -0.327 e. The summed E-state index contributed by atoms with van der Waals surface area (Å²) in [6.07, 6.45) is 4.14. The molecule has 0 bridgehead atoms. The zero-order valence-electron chi connectivity index (χ0n) is 12.4. The van der Waals surface area contributed by atoms with E-state index in [1.54, 1.807) is 0 Å². The molecule has 5 heteroatoms. The topological polar surface area (TPSA) is 34.3 Å². The summed E-state index contributed by atoms with van der Waals surface area (Å²) in [7, 11) is 0. The van der Waals surface area contributed by atoms with E-state index in [0.29, 0.717) is 0 Å². The lowest BCUT2D eigenvalue weighted by Crippen LogP contribution is -2.29. The second kappa shape index (κ2) is 6.56. The van der Waals surface area contributed by atoms with Gasteiger partial charge in [-0.2, -0.15) is 0 Å². The van der Waals surface area contributed by atoms with Crippen molar-refractivity contribution in [2.24, 2.45) is 0 Å². The molecule has 0 aromatic carbocycles. The first kappa shape index (κ1) is 16.0. The Hall–Kier alpha value is 0.580. The summed E-state index contributed by atoms with van der Waals surface area (Å²) >= 11 is 3.72. The Morgan fingerprint density at radius 3 is 1.58 bits per heavy atom. The van der Waals surface area contributed by atoms with Crippen LogP contribution in [0.2, 0.25) is 0 Å². The lowest BCUT2D eigenvalue weighted by molar-refractivity contribution is -0.151. The molecule has 0 aromatic rings. The zero-order chi connectivity index (χ0) is 13.9. The first-order chi connectivity index (χ1) is 9.16. The van der Waals surface area contributed by atoms with Crippen molar-refractivity contribution < 1.29 is 14.2 Å². The van der Waals surface area contributed by atoms with Crippen LogP contribution in [0, 0.1) is 0 Å². The summed E-state index contributed by atoms with van der Waals surface area (Å²) in [6, 6.07) is 0. The molecule has 0 aromatic heterocycles. The fourth-order valence-electron chi connectivity index (χ4n) is 2.15. The van der Waals surface area contributed by atoms with Gasteiger partial charge in [0.05, 0.1) is 0 Å². The average Bonchev–Trinajstić information content (AvgIpc) is 3.31. The van der Waals surface area contributed by atoms with Gasteiger partial charge in [-0.3, -0.25) is 0 Å². The van der Waals surface area contributed by atoms with Gasteiger partial charge in [0.15, 0.2) is 10.9 Å². The van der Waals surface area contributed by atoms with Gasteiger partial charge >= 0.3 is 0 Å². The fraction of sp³-hybridized carbons (Fsp3) is 1.00. The van der Waals surface area contributed by atoms with E-state index >= 15 is 0 Å². The van der Waals surface area contributed by atoms with Crippen molar-refractivity contribution in [3.8, 4) is 0 Å². The van der Waals surface area contributed by atoms with Crippen molar-refractivity contribution in [1.29, 1.82) is 0 Å². The molecule has 2 aliphatic heterocycles. The predicted molar refractivity (Wildman–Crippen MR) is 82.4 cm³/mol. The van der Waals surface area contributed by atoms with Gasteiger partial charge in [-0.25, -0.2) is 0 Å². The first-order valence-electron chi connectivity index (χ1n) is 7.45. The molecule has 3 nitrogen and oxygen atoms in total. The summed E-state index contributed by atoms with van der Waals surface area (Å²) in [4.78, 5) is 0. The van der Waals surface area contributed by atoms with Crippen molar-refractivity contribution in [3.63, 3.8) is 0 Å². The molecule has 4 unspecified atom stereocenters. The Morgan fingerprint density at radius 1 is 0.842 bits per heavy atom. The first-order valence-corrected chi connectivity index (χ1v) is 9.55. The van der Waals surface area contributed by atoms with Gasteiger partial charge < -0.3 is 14.2 Å². The SMILES string of the molecule is CCCSC1OC1(CC)OC1(CC)OC1SCCC. The number of hydrogen-bond donors (Lipinski definition) is 0. The highest BCUT2D eigenvalue weighted by Crippen LogP contribution is 2.57. The van der Waals surface area contributed by atoms with E-state index in [-0.39, 0.29) is 10.9 Å². The highest BCUT2D eigenvalue weighted by molar-refractivity contribution is 8.00. The maximum atomic E-state index is 6.28. The molecule has 4 atom stereocenters. The van der Waals surface area contributed by atoms with Crippen LogP contribution >= 0.6 is 23.5 Å². The average molecular weight is 306 g/mol. The van der Waals surface area contributed by atoms with Gasteiger partial charge in [0.2, 0.25) is 11.6 Å². The minimum atomic E-state index is -0.391. The van der Waals surface area contributed by atoms with E-state index in [9.17, 15) is 0 Å². The van der Waals surface area contributed by atoms with E-state index in [4.69, 9.17) is 14.2 Å². The molecule has 2 saturated heterocycles. The molecule has 0 amide bonds. The molecule has 0 saturated carbocycles. The van der Waals surface area contributed by atoms with Crippen molar-refractivity contribution in [2.45, 2.75) is 75.8 Å². The normalized spacial score (nSPS) is 40.4. The highest BCUT2D eigenvalue weighted by Gasteiger charge is 2.68. The number of thioether (sulfide) groups is 2. The monoisotopic (exact) mass is 306 g/mol. The van der Waals surface area contributed by atoms with Crippen molar-refractivity contribution in [2.75, 3.05) is 11.5 Å². The molecule has 0 radical (unpaired) electrons. The van der Waals surface area contributed by atoms with Crippen LogP contribution in [0.1, 0.15) is 53.4 Å². The zero-order valence-corrected chi connectivity index (χ0v) is 14.1. The molecular weight excluding hydrogens is 280 g/mol. The van der Waals surface area contributed by atoms with E-state index < -0.39 is 11.6 Å². The van der Waals surface area contributed by atoms with Crippen LogP contribution < -0.4 is 0 Å². The van der Waals surface area contributed by atoms with Crippen molar-refractivity contribution in [1.82, 2.24) is 0 Å². The van der Waals surface area contributed by atoms with Crippen LogP contribution in [0.3, 0.4) is 0 Å². The highest BCUT2D eigenvalue weighted by atomic mass is 32.2. The molecule has 2 fully saturated rings. The standard InChI is InChI=1S/C14H26O3S2/c1-5-9-18-11-13(7-3,15-11)17-14(8-4)12(16-14)19-10-6-2/h11-12H,5-10H2,1-4H3. The second-order valence-corrected chi connectivity index (χ2v) is 7.41. The van der Waals surface area contributed by atoms with E-state index in [2.05, 4.69) is 27.7 Å². The van der Waals surface area contributed by atoms with Gasteiger partial charge in [0.25, 0.3) is 0 Å². The summed E-state index contributed by atoms with van der Waals surface area (Å²) in [5.74, 6) is 1.47. The number of rotatable bonds is 10. The Bertz CT molecular complexity index is 274. The Labute approximate surface area is 125 Å². The molecule has 2 aliphatic rings. The number of epoxide rings is 2. The second-order valence-electron chi connectivity index (χ2n) is 5.07. The minimum absolute atomic E-state index is 0.196. The van der Waals surface area contributed by atoms with Crippen LogP contribution in [0.5, 0.6) is 0 Å². The third-order valence-corrected chi connectivity index (χ3v) is 6.30. The van der Waals surface area contributed by atoms with Gasteiger partial charge in [0, 0.05) is 12.8 Å². The molecular formula is C14H26O3S2. The van der Waals surface area contributed by atoms with Gasteiger partial charge in [-0.1, -0.05) is 27.7 Å². The number of ether oxygens (including phenoxy) is 3. The lowest BCUT2D eigenvalue weighted by atomic mass is 10.2.